The molecule has 0 heterocycles. The number of rotatable bonds is 13. The molecule has 234 valence electrons. The molecule has 0 N–H and O–H groups in total. The number of hydrogen-bond donors (Lipinski definition) is 0. The topological polar surface area (TPSA) is 52.6 Å². The van der Waals surface area contributed by atoms with Gasteiger partial charge in [-0.1, -0.05) is 128 Å². The average molecular weight is 563 g/mol. The first-order chi connectivity index (χ1) is 19.7. The van der Waals surface area contributed by atoms with Crippen LogP contribution >= 0.6 is 0 Å². The van der Waals surface area contributed by atoms with E-state index in [1.165, 1.54) is 141 Å². The summed E-state index contributed by atoms with van der Waals surface area (Å²) >= 11 is 0. The van der Waals surface area contributed by atoms with Crippen LogP contribution in [0.5, 0.6) is 0 Å². The van der Waals surface area contributed by atoms with Crippen LogP contribution in [0.2, 0.25) is 0 Å². The molecule has 2 aliphatic carbocycles. The zero-order valence-corrected chi connectivity index (χ0v) is 26.4. The van der Waals surface area contributed by atoms with Crippen molar-refractivity contribution >= 4 is 11.9 Å². The van der Waals surface area contributed by atoms with Crippen LogP contribution in [0.3, 0.4) is 0 Å². The van der Waals surface area contributed by atoms with Crippen molar-refractivity contribution in [3.63, 3.8) is 0 Å². The lowest BCUT2D eigenvalue weighted by Crippen LogP contribution is -2.18. The normalized spacial score (nSPS) is 20.3. The number of ether oxygens (including phenoxy) is 2. The fourth-order valence-corrected chi connectivity index (χ4v) is 6.58. The fourth-order valence-electron chi connectivity index (χ4n) is 6.58. The molecule has 0 aromatic rings. The minimum absolute atomic E-state index is 0.0281. The van der Waals surface area contributed by atoms with Crippen LogP contribution in [0.4, 0.5) is 0 Å². The lowest BCUT2D eigenvalue weighted by Gasteiger charge is -2.19. The van der Waals surface area contributed by atoms with E-state index in [9.17, 15) is 9.59 Å². The van der Waals surface area contributed by atoms with Crippen molar-refractivity contribution in [2.45, 2.75) is 218 Å². The van der Waals surface area contributed by atoms with Gasteiger partial charge in [-0.2, -0.15) is 0 Å². The molecule has 2 saturated carbocycles. The van der Waals surface area contributed by atoms with Crippen molar-refractivity contribution < 1.29 is 19.1 Å². The third kappa shape index (κ3) is 20.8. The number of unbranched alkanes of at least 4 members (excludes halogenated alkanes) is 7. The summed E-state index contributed by atoms with van der Waals surface area (Å²) in [5.41, 5.74) is 0. The highest BCUT2D eigenvalue weighted by atomic mass is 16.5. The van der Waals surface area contributed by atoms with Gasteiger partial charge < -0.3 is 9.47 Å². The molecular formula is C36H66O4. The summed E-state index contributed by atoms with van der Waals surface area (Å²) in [7, 11) is 0. The molecule has 4 heteroatoms. The first-order valence-electron chi connectivity index (χ1n) is 18.1. The van der Waals surface area contributed by atoms with Crippen molar-refractivity contribution in [1.29, 1.82) is 0 Å². The van der Waals surface area contributed by atoms with Gasteiger partial charge in [0.2, 0.25) is 0 Å². The second-order valence-electron chi connectivity index (χ2n) is 13.1. The van der Waals surface area contributed by atoms with E-state index in [0.29, 0.717) is 12.8 Å². The van der Waals surface area contributed by atoms with Gasteiger partial charge in [0.15, 0.2) is 0 Å². The van der Waals surface area contributed by atoms with Gasteiger partial charge in [0.05, 0.1) is 0 Å². The molecule has 0 aliphatic heterocycles. The van der Waals surface area contributed by atoms with Gasteiger partial charge in [0.1, 0.15) is 12.2 Å². The smallest absolute Gasteiger partial charge is 0.306 e. The van der Waals surface area contributed by atoms with Gasteiger partial charge >= 0.3 is 11.9 Å². The minimum atomic E-state index is 0.0281. The predicted octanol–water partition coefficient (Wildman–Crippen LogP) is 11.3. The van der Waals surface area contributed by atoms with Gasteiger partial charge in [-0.25, -0.2) is 0 Å². The van der Waals surface area contributed by atoms with Gasteiger partial charge in [-0.3, -0.25) is 9.59 Å². The van der Waals surface area contributed by atoms with Crippen molar-refractivity contribution in [1.82, 2.24) is 0 Å². The van der Waals surface area contributed by atoms with Crippen LogP contribution in [0.25, 0.3) is 0 Å². The van der Waals surface area contributed by atoms with Gasteiger partial charge in [0.25, 0.3) is 0 Å². The SMILES string of the molecule is O=C(CCCCCCCCCCC(=O)OC1CCCCCCCCCCC1)OC1CCCCCCCCCCC1. The molecule has 0 unspecified atom stereocenters. The Bertz CT molecular complexity index is 528. The van der Waals surface area contributed by atoms with E-state index in [1.807, 2.05) is 0 Å². The lowest BCUT2D eigenvalue weighted by molar-refractivity contribution is -0.151. The summed E-state index contributed by atoms with van der Waals surface area (Å²) in [6.45, 7) is 0. The van der Waals surface area contributed by atoms with E-state index < -0.39 is 0 Å². The van der Waals surface area contributed by atoms with Gasteiger partial charge in [0, 0.05) is 12.8 Å². The summed E-state index contributed by atoms with van der Waals surface area (Å²) in [5, 5.41) is 0. The van der Waals surface area contributed by atoms with Gasteiger partial charge in [-0.15, -0.1) is 0 Å². The molecule has 0 amide bonds. The number of esters is 2. The first-order valence-corrected chi connectivity index (χ1v) is 18.1. The molecule has 0 atom stereocenters. The summed E-state index contributed by atoms with van der Waals surface area (Å²) in [6, 6.07) is 0. The molecule has 0 aromatic heterocycles. The zero-order valence-electron chi connectivity index (χ0n) is 26.4. The minimum Gasteiger partial charge on any atom is -0.462 e. The fraction of sp³-hybridized carbons (Fsp3) is 0.944. The molecule has 2 aliphatic rings. The third-order valence-corrected chi connectivity index (χ3v) is 9.21. The Balaban J connectivity index is 1.42. The van der Waals surface area contributed by atoms with E-state index in [1.54, 1.807) is 0 Å². The Morgan fingerprint density at radius 1 is 0.350 bits per heavy atom. The largest absolute Gasteiger partial charge is 0.462 e. The predicted molar refractivity (Wildman–Crippen MR) is 168 cm³/mol. The molecule has 0 radical (unpaired) electrons. The van der Waals surface area contributed by atoms with Crippen LogP contribution in [0.1, 0.15) is 205 Å². The summed E-state index contributed by atoms with van der Waals surface area (Å²) in [6.07, 6.45) is 38.4. The molecule has 0 saturated heterocycles. The highest BCUT2D eigenvalue weighted by molar-refractivity contribution is 5.69. The molecule has 2 rings (SSSR count). The second-order valence-corrected chi connectivity index (χ2v) is 13.1. The van der Waals surface area contributed by atoms with Crippen molar-refractivity contribution in [3.05, 3.63) is 0 Å². The van der Waals surface area contributed by atoms with Crippen LogP contribution in [-0.4, -0.2) is 24.1 Å². The lowest BCUT2D eigenvalue weighted by atomic mass is 9.99. The van der Waals surface area contributed by atoms with Crippen LogP contribution < -0.4 is 0 Å². The highest BCUT2D eigenvalue weighted by Gasteiger charge is 2.16. The van der Waals surface area contributed by atoms with E-state index in [-0.39, 0.29) is 24.1 Å². The summed E-state index contributed by atoms with van der Waals surface area (Å²) in [5.74, 6) is 0.0563. The van der Waals surface area contributed by atoms with Crippen molar-refractivity contribution in [2.75, 3.05) is 0 Å². The van der Waals surface area contributed by atoms with E-state index in [4.69, 9.17) is 9.47 Å². The van der Waals surface area contributed by atoms with Crippen LogP contribution in [0.15, 0.2) is 0 Å². The number of carbonyl (C=O) groups is 2. The summed E-state index contributed by atoms with van der Waals surface area (Å²) in [4.78, 5) is 24.8. The molecule has 40 heavy (non-hydrogen) atoms. The Morgan fingerprint density at radius 2 is 0.575 bits per heavy atom. The number of hydrogen-bond acceptors (Lipinski definition) is 4. The Morgan fingerprint density at radius 3 is 0.850 bits per heavy atom. The molecule has 4 nitrogen and oxygen atoms in total. The van der Waals surface area contributed by atoms with E-state index in [2.05, 4.69) is 0 Å². The molecule has 0 spiro atoms. The van der Waals surface area contributed by atoms with Crippen molar-refractivity contribution in [2.24, 2.45) is 0 Å². The highest BCUT2D eigenvalue weighted by Crippen LogP contribution is 2.21. The summed E-state index contributed by atoms with van der Waals surface area (Å²) < 4.78 is 11.8. The van der Waals surface area contributed by atoms with Crippen molar-refractivity contribution in [3.8, 4) is 0 Å². The van der Waals surface area contributed by atoms with Gasteiger partial charge in [-0.05, 0) is 64.2 Å². The zero-order chi connectivity index (χ0) is 28.4. The maximum absolute atomic E-state index is 12.4. The van der Waals surface area contributed by atoms with E-state index in [0.717, 1.165) is 51.4 Å². The second kappa shape index (κ2) is 25.6. The first kappa shape index (κ1) is 35.1. The molecule has 2 fully saturated rings. The maximum atomic E-state index is 12.4. The Hall–Kier alpha value is -1.06. The molecular weight excluding hydrogens is 496 g/mol. The Labute approximate surface area is 248 Å². The molecule has 0 aromatic carbocycles. The maximum Gasteiger partial charge on any atom is 0.306 e. The van der Waals surface area contributed by atoms with E-state index >= 15 is 0 Å². The quantitative estimate of drug-likeness (QED) is 0.165. The van der Waals surface area contributed by atoms with Crippen LogP contribution in [0, 0.1) is 0 Å². The number of carbonyl (C=O) groups excluding carboxylic acids is 2. The third-order valence-electron chi connectivity index (χ3n) is 9.21. The van der Waals surface area contributed by atoms with Crippen LogP contribution in [-0.2, 0) is 19.1 Å². The average Bonchev–Trinajstić information content (AvgIpc) is 2.92. The Kier molecular flexibility index (Phi) is 22.5. The monoisotopic (exact) mass is 562 g/mol. The molecule has 0 bridgehead atoms. The standard InChI is InChI=1S/C36H66O4/c37-35(39-33-27-21-15-9-3-1-4-10-16-22-28-33)31-25-19-13-7-8-14-20-26-32-36(38)40-34-29-23-17-11-5-2-6-12-18-24-30-34/h33-34H,1-32H2.